The summed E-state index contributed by atoms with van der Waals surface area (Å²) >= 11 is 0. The quantitative estimate of drug-likeness (QED) is 0.728. The second-order valence-corrected chi connectivity index (χ2v) is 4.57. The normalized spacial score (nSPS) is 28.3. The fraction of sp³-hybridized carbons (Fsp3) is 1.00. The lowest BCUT2D eigenvalue weighted by Gasteiger charge is -2.38. The van der Waals surface area contributed by atoms with Crippen molar-refractivity contribution in [3.8, 4) is 0 Å². The van der Waals surface area contributed by atoms with Crippen LogP contribution in [0, 0.1) is 5.92 Å². The van der Waals surface area contributed by atoms with E-state index in [9.17, 15) is 0 Å². The van der Waals surface area contributed by atoms with Gasteiger partial charge in [0.15, 0.2) is 0 Å². The first-order chi connectivity index (χ1) is 6.79. The van der Waals surface area contributed by atoms with Crippen LogP contribution < -0.4 is 5.32 Å². The molecule has 0 saturated carbocycles. The van der Waals surface area contributed by atoms with Crippen LogP contribution in [0.1, 0.15) is 40.0 Å². The van der Waals surface area contributed by atoms with Gasteiger partial charge in [-0.1, -0.05) is 20.8 Å². The van der Waals surface area contributed by atoms with Crippen molar-refractivity contribution in [2.75, 3.05) is 26.2 Å². The molecule has 1 heterocycles. The summed E-state index contributed by atoms with van der Waals surface area (Å²) in [6.45, 7) is 11.9. The highest BCUT2D eigenvalue weighted by atomic mass is 15.2. The van der Waals surface area contributed by atoms with Gasteiger partial charge in [0, 0.05) is 6.04 Å². The molecule has 0 bridgehead atoms. The van der Waals surface area contributed by atoms with Crippen LogP contribution in [0.25, 0.3) is 0 Å². The fourth-order valence-electron chi connectivity index (χ4n) is 2.56. The highest BCUT2D eigenvalue weighted by molar-refractivity contribution is 4.82. The molecule has 0 amide bonds. The smallest absolute Gasteiger partial charge is 0.0145 e. The number of hydrogen-bond acceptors (Lipinski definition) is 2. The van der Waals surface area contributed by atoms with Gasteiger partial charge in [0.25, 0.3) is 0 Å². The van der Waals surface area contributed by atoms with Gasteiger partial charge in [-0.15, -0.1) is 0 Å². The summed E-state index contributed by atoms with van der Waals surface area (Å²) in [5.41, 5.74) is 0. The zero-order valence-electron chi connectivity index (χ0n) is 10.1. The molecule has 0 aromatic carbocycles. The first-order valence-electron chi connectivity index (χ1n) is 6.24. The van der Waals surface area contributed by atoms with E-state index >= 15 is 0 Å². The van der Waals surface area contributed by atoms with Crippen LogP contribution in [0.5, 0.6) is 0 Å². The van der Waals surface area contributed by atoms with E-state index in [-0.39, 0.29) is 0 Å². The number of nitrogens with zero attached hydrogens (tertiary/aromatic N) is 1. The summed E-state index contributed by atoms with van der Waals surface area (Å²) in [5, 5.41) is 3.48. The van der Waals surface area contributed by atoms with Crippen molar-refractivity contribution in [2.24, 2.45) is 5.92 Å². The van der Waals surface area contributed by atoms with E-state index in [4.69, 9.17) is 0 Å². The molecule has 1 N–H and O–H groups in total. The monoisotopic (exact) mass is 198 g/mol. The largest absolute Gasteiger partial charge is 0.316 e. The molecule has 1 fully saturated rings. The van der Waals surface area contributed by atoms with Crippen molar-refractivity contribution in [1.29, 1.82) is 0 Å². The molecule has 0 aromatic rings. The van der Waals surface area contributed by atoms with Crippen LogP contribution in [0.4, 0.5) is 0 Å². The van der Waals surface area contributed by atoms with Gasteiger partial charge >= 0.3 is 0 Å². The Morgan fingerprint density at radius 2 is 1.86 bits per heavy atom. The van der Waals surface area contributed by atoms with E-state index in [2.05, 4.69) is 31.0 Å². The molecule has 2 heteroatoms. The molecule has 1 rings (SSSR count). The van der Waals surface area contributed by atoms with Crippen molar-refractivity contribution in [1.82, 2.24) is 10.2 Å². The van der Waals surface area contributed by atoms with Gasteiger partial charge in [-0.2, -0.15) is 0 Å². The van der Waals surface area contributed by atoms with Crippen molar-refractivity contribution >= 4 is 0 Å². The third-order valence-electron chi connectivity index (χ3n) is 3.23. The summed E-state index contributed by atoms with van der Waals surface area (Å²) in [7, 11) is 0. The van der Waals surface area contributed by atoms with Gasteiger partial charge in [-0.3, -0.25) is 0 Å². The molecule has 0 aromatic heterocycles. The number of nitrogens with one attached hydrogen (secondary N) is 1. The molecule has 0 aliphatic carbocycles. The average molecular weight is 198 g/mol. The lowest BCUT2D eigenvalue weighted by molar-refractivity contribution is 0.120. The maximum atomic E-state index is 3.48. The van der Waals surface area contributed by atoms with E-state index in [1.54, 1.807) is 0 Å². The van der Waals surface area contributed by atoms with Gasteiger partial charge < -0.3 is 10.2 Å². The summed E-state index contributed by atoms with van der Waals surface area (Å²) in [5.74, 6) is 0.821. The highest BCUT2D eigenvalue weighted by Crippen LogP contribution is 2.18. The van der Waals surface area contributed by atoms with Crippen LogP contribution in [-0.4, -0.2) is 37.1 Å². The number of rotatable bonds is 5. The van der Waals surface area contributed by atoms with E-state index in [1.165, 1.54) is 45.4 Å². The molecule has 1 saturated heterocycles. The molecule has 1 aliphatic heterocycles. The van der Waals surface area contributed by atoms with Gasteiger partial charge in [0.1, 0.15) is 0 Å². The molecule has 14 heavy (non-hydrogen) atoms. The summed E-state index contributed by atoms with van der Waals surface area (Å²) in [6.07, 6.45) is 3.91. The Morgan fingerprint density at radius 1 is 1.21 bits per heavy atom. The van der Waals surface area contributed by atoms with Gasteiger partial charge in [0.05, 0.1) is 0 Å². The minimum atomic E-state index is 0.821. The van der Waals surface area contributed by atoms with E-state index in [1.807, 2.05) is 0 Å². The Bertz CT molecular complexity index is 141. The minimum Gasteiger partial charge on any atom is -0.316 e. The standard InChI is InChI=1S/C12H26N2/c1-4-8-14(9-5-2)12-6-7-13-10-11(12)3/h11-13H,4-10H2,1-3H3. The van der Waals surface area contributed by atoms with Crippen molar-refractivity contribution < 1.29 is 0 Å². The zero-order chi connectivity index (χ0) is 10.4. The summed E-state index contributed by atoms with van der Waals surface area (Å²) in [4.78, 5) is 2.70. The predicted molar refractivity (Wildman–Crippen MR) is 62.6 cm³/mol. The third kappa shape index (κ3) is 3.25. The summed E-state index contributed by atoms with van der Waals surface area (Å²) < 4.78 is 0. The first-order valence-corrected chi connectivity index (χ1v) is 6.24. The van der Waals surface area contributed by atoms with E-state index in [0.29, 0.717) is 0 Å². The van der Waals surface area contributed by atoms with Crippen LogP contribution >= 0.6 is 0 Å². The third-order valence-corrected chi connectivity index (χ3v) is 3.23. The molecule has 2 atom stereocenters. The molecule has 0 radical (unpaired) electrons. The lowest BCUT2D eigenvalue weighted by Crippen LogP contribution is -2.49. The van der Waals surface area contributed by atoms with Crippen molar-refractivity contribution in [3.05, 3.63) is 0 Å². The molecular weight excluding hydrogens is 172 g/mol. The Balaban J connectivity index is 2.46. The highest BCUT2D eigenvalue weighted by Gasteiger charge is 2.25. The Labute approximate surface area is 89.1 Å². The van der Waals surface area contributed by atoms with Gasteiger partial charge in [0.2, 0.25) is 0 Å². The maximum absolute atomic E-state index is 3.48. The molecule has 2 unspecified atom stereocenters. The second-order valence-electron chi connectivity index (χ2n) is 4.57. The SMILES string of the molecule is CCCN(CCC)C1CCNCC1C. The van der Waals surface area contributed by atoms with Crippen LogP contribution in [0.3, 0.4) is 0 Å². The molecule has 1 aliphatic rings. The zero-order valence-corrected chi connectivity index (χ0v) is 10.1. The molecule has 2 nitrogen and oxygen atoms in total. The Kier molecular flexibility index (Phi) is 5.49. The van der Waals surface area contributed by atoms with Gasteiger partial charge in [-0.05, 0) is 51.4 Å². The maximum Gasteiger partial charge on any atom is 0.0145 e. The number of hydrogen-bond donors (Lipinski definition) is 1. The number of piperidine rings is 1. The lowest BCUT2D eigenvalue weighted by atomic mass is 9.93. The van der Waals surface area contributed by atoms with Gasteiger partial charge in [-0.25, -0.2) is 0 Å². The predicted octanol–water partition coefficient (Wildman–Crippen LogP) is 2.11. The minimum absolute atomic E-state index is 0.821. The Morgan fingerprint density at radius 3 is 2.36 bits per heavy atom. The average Bonchev–Trinajstić information content (AvgIpc) is 2.18. The van der Waals surface area contributed by atoms with Crippen molar-refractivity contribution in [3.63, 3.8) is 0 Å². The first kappa shape index (κ1) is 12.0. The molecular formula is C12H26N2. The van der Waals surface area contributed by atoms with E-state index < -0.39 is 0 Å². The van der Waals surface area contributed by atoms with Crippen LogP contribution in [-0.2, 0) is 0 Å². The Hall–Kier alpha value is -0.0800. The van der Waals surface area contributed by atoms with Crippen LogP contribution in [0.15, 0.2) is 0 Å². The second kappa shape index (κ2) is 6.41. The topological polar surface area (TPSA) is 15.3 Å². The molecule has 0 spiro atoms. The summed E-state index contributed by atoms with van der Waals surface area (Å²) in [6, 6.07) is 0.830. The van der Waals surface area contributed by atoms with E-state index in [0.717, 1.165) is 12.0 Å². The molecule has 84 valence electrons. The van der Waals surface area contributed by atoms with Crippen LogP contribution in [0.2, 0.25) is 0 Å². The van der Waals surface area contributed by atoms with Crippen molar-refractivity contribution in [2.45, 2.75) is 46.1 Å². The fourth-order valence-corrected chi connectivity index (χ4v) is 2.56.